The topological polar surface area (TPSA) is 70.5 Å². The third-order valence-corrected chi connectivity index (χ3v) is 4.95. The molecule has 33 heavy (non-hydrogen) atoms. The normalized spacial score (nSPS) is 11.9. The van der Waals surface area contributed by atoms with E-state index in [0.29, 0.717) is 16.8 Å². The van der Waals surface area contributed by atoms with E-state index in [1.807, 2.05) is 91.0 Å². The number of carbonyl (C=O) groups excluding carboxylic acids is 1. The molecule has 4 rings (SSSR count). The van der Waals surface area contributed by atoms with Crippen LogP contribution in [0.5, 0.6) is 11.6 Å². The molecule has 0 unspecified atom stereocenters. The minimum absolute atomic E-state index is 0.249. The SMILES string of the molecule is CCOC(=O)[C@@H](Oc1nc2ccccc2nc1/C=C/c1ccc(OC)cc1)c1ccccc1. The van der Waals surface area contributed by atoms with Crippen molar-refractivity contribution in [1.29, 1.82) is 0 Å². The molecule has 0 saturated carbocycles. The fourth-order valence-electron chi connectivity index (χ4n) is 3.29. The zero-order valence-electron chi connectivity index (χ0n) is 18.5. The molecule has 1 atom stereocenters. The Hall–Kier alpha value is -4.19. The highest BCUT2D eigenvalue weighted by Crippen LogP contribution is 2.27. The number of fused-ring (bicyclic) bond motifs is 1. The van der Waals surface area contributed by atoms with E-state index < -0.39 is 12.1 Å². The molecule has 6 nitrogen and oxygen atoms in total. The zero-order chi connectivity index (χ0) is 23.0. The van der Waals surface area contributed by atoms with Gasteiger partial charge in [-0.15, -0.1) is 0 Å². The summed E-state index contributed by atoms with van der Waals surface area (Å²) in [5, 5.41) is 0. The van der Waals surface area contributed by atoms with Crippen molar-refractivity contribution in [3.8, 4) is 11.6 Å². The molecule has 1 aromatic heterocycles. The summed E-state index contributed by atoms with van der Waals surface area (Å²) in [5.41, 5.74) is 3.55. The summed E-state index contributed by atoms with van der Waals surface area (Å²) >= 11 is 0. The van der Waals surface area contributed by atoms with Crippen LogP contribution in [0.25, 0.3) is 23.2 Å². The standard InChI is InChI=1S/C27H24N2O4/c1-3-32-27(30)25(20-9-5-4-6-10-20)33-26-24(28-22-11-7-8-12-23(22)29-26)18-15-19-13-16-21(31-2)17-14-19/h4-18,25H,3H2,1-2H3/b18-15+/t25-/m0/s1. The van der Waals surface area contributed by atoms with E-state index in [9.17, 15) is 4.79 Å². The first-order valence-electron chi connectivity index (χ1n) is 10.6. The number of hydrogen-bond acceptors (Lipinski definition) is 6. The van der Waals surface area contributed by atoms with Crippen LogP contribution in [-0.2, 0) is 9.53 Å². The van der Waals surface area contributed by atoms with E-state index in [2.05, 4.69) is 4.98 Å². The number of carbonyl (C=O) groups is 1. The van der Waals surface area contributed by atoms with E-state index in [0.717, 1.165) is 16.8 Å². The molecule has 4 aromatic rings. The molecule has 6 heteroatoms. The molecule has 0 aliphatic heterocycles. The molecule has 0 spiro atoms. The Kier molecular flexibility index (Phi) is 6.95. The van der Waals surface area contributed by atoms with Crippen LogP contribution in [-0.4, -0.2) is 29.7 Å². The van der Waals surface area contributed by atoms with Crippen LogP contribution >= 0.6 is 0 Å². The van der Waals surface area contributed by atoms with Gasteiger partial charge in [-0.25, -0.2) is 14.8 Å². The summed E-state index contributed by atoms with van der Waals surface area (Å²) in [6.45, 7) is 2.01. The lowest BCUT2D eigenvalue weighted by Gasteiger charge is -2.18. The third kappa shape index (κ3) is 5.36. The first kappa shape index (κ1) is 22.0. The monoisotopic (exact) mass is 440 g/mol. The number of nitrogens with zero attached hydrogens (tertiary/aromatic N) is 2. The number of aromatic nitrogens is 2. The van der Waals surface area contributed by atoms with E-state index in [1.54, 1.807) is 14.0 Å². The number of hydrogen-bond donors (Lipinski definition) is 0. The predicted octanol–water partition coefficient (Wildman–Crippen LogP) is 5.49. The Balaban J connectivity index is 1.74. The Bertz CT molecular complexity index is 1250. The average Bonchev–Trinajstić information content (AvgIpc) is 2.86. The molecule has 0 amide bonds. The van der Waals surface area contributed by atoms with Crippen molar-refractivity contribution in [3.63, 3.8) is 0 Å². The second kappa shape index (κ2) is 10.4. The van der Waals surface area contributed by atoms with Gasteiger partial charge in [-0.3, -0.25) is 0 Å². The predicted molar refractivity (Wildman–Crippen MR) is 128 cm³/mol. The number of rotatable bonds is 8. The second-order valence-electron chi connectivity index (χ2n) is 7.17. The molecule has 3 aromatic carbocycles. The molecule has 0 bridgehead atoms. The largest absolute Gasteiger partial charge is 0.497 e. The van der Waals surface area contributed by atoms with Gasteiger partial charge in [0.1, 0.15) is 11.4 Å². The first-order valence-corrected chi connectivity index (χ1v) is 10.6. The maximum atomic E-state index is 12.7. The first-order chi connectivity index (χ1) is 16.2. The highest BCUT2D eigenvalue weighted by Gasteiger charge is 2.26. The van der Waals surface area contributed by atoms with Gasteiger partial charge in [0.2, 0.25) is 12.0 Å². The van der Waals surface area contributed by atoms with Crippen molar-refractivity contribution in [2.45, 2.75) is 13.0 Å². The molecule has 0 aliphatic rings. The highest BCUT2D eigenvalue weighted by atomic mass is 16.6. The molecular formula is C27H24N2O4. The highest BCUT2D eigenvalue weighted by molar-refractivity contribution is 5.80. The van der Waals surface area contributed by atoms with Gasteiger partial charge >= 0.3 is 5.97 Å². The average molecular weight is 440 g/mol. The fourth-order valence-corrected chi connectivity index (χ4v) is 3.29. The van der Waals surface area contributed by atoms with Gasteiger partial charge in [0.15, 0.2) is 0 Å². The maximum absolute atomic E-state index is 12.7. The molecule has 0 fully saturated rings. The van der Waals surface area contributed by atoms with Gasteiger partial charge in [-0.2, -0.15) is 0 Å². The lowest BCUT2D eigenvalue weighted by atomic mass is 10.1. The molecule has 0 saturated heterocycles. The number of para-hydroxylation sites is 2. The van der Waals surface area contributed by atoms with Crippen molar-refractivity contribution < 1.29 is 19.0 Å². The number of methoxy groups -OCH3 is 1. The van der Waals surface area contributed by atoms with Gasteiger partial charge in [0.05, 0.1) is 24.8 Å². The van der Waals surface area contributed by atoms with Crippen LogP contribution in [0.2, 0.25) is 0 Å². The lowest BCUT2D eigenvalue weighted by Crippen LogP contribution is -2.22. The molecule has 0 aliphatic carbocycles. The van der Waals surface area contributed by atoms with E-state index >= 15 is 0 Å². The Morgan fingerprint density at radius 3 is 2.21 bits per heavy atom. The van der Waals surface area contributed by atoms with Crippen molar-refractivity contribution in [2.24, 2.45) is 0 Å². The van der Waals surface area contributed by atoms with Gasteiger partial charge in [0, 0.05) is 5.56 Å². The summed E-state index contributed by atoms with van der Waals surface area (Å²) in [4.78, 5) is 22.1. The summed E-state index contributed by atoms with van der Waals surface area (Å²) in [5.74, 6) is 0.547. The van der Waals surface area contributed by atoms with Crippen LogP contribution < -0.4 is 9.47 Å². The quantitative estimate of drug-likeness (QED) is 0.337. The van der Waals surface area contributed by atoms with Gasteiger partial charge < -0.3 is 14.2 Å². The van der Waals surface area contributed by atoms with E-state index in [1.165, 1.54) is 0 Å². The smallest absolute Gasteiger partial charge is 0.352 e. The number of benzene rings is 3. The summed E-state index contributed by atoms with van der Waals surface area (Å²) < 4.78 is 16.6. The summed E-state index contributed by atoms with van der Waals surface area (Å²) in [6, 6.07) is 24.4. The number of ether oxygens (including phenoxy) is 3. The van der Waals surface area contributed by atoms with Gasteiger partial charge in [-0.05, 0) is 42.8 Å². The van der Waals surface area contributed by atoms with Crippen LogP contribution in [0.4, 0.5) is 0 Å². The second-order valence-corrected chi connectivity index (χ2v) is 7.17. The minimum atomic E-state index is -0.963. The van der Waals surface area contributed by atoms with Gasteiger partial charge in [0.25, 0.3) is 0 Å². The maximum Gasteiger partial charge on any atom is 0.352 e. The Morgan fingerprint density at radius 1 is 0.879 bits per heavy atom. The van der Waals surface area contributed by atoms with Crippen molar-refractivity contribution >= 4 is 29.2 Å². The van der Waals surface area contributed by atoms with Gasteiger partial charge in [-0.1, -0.05) is 60.7 Å². The summed E-state index contributed by atoms with van der Waals surface area (Å²) in [7, 11) is 1.63. The van der Waals surface area contributed by atoms with E-state index in [-0.39, 0.29) is 12.5 Å². The number of esters is 1. The van der Waals surface area contributed by atoms with Crippen LogP contribution in [0, 0.1) is 0 Å². The van der Waals surface area contributed by atoms with Crippen molar-refractivity contribution in [3.05, 3.63) is 95.7 Å². The molecule has 0 radical (unpaired) electrons. The van der Waals surface area contributed by atoms with Crippen molar-refractivity contribution in [2.75, 3.05) is 13.7 Å². The zero-order valence-corrected chi connectivity index (χ0v) is 18.5. The molecule has 1 heterocycles. The summed E-state index contributed by atoms with van der Waals surface area (Å²) in [6.07, 6.45) is 2.77. The Morgan fingerprint density at radius 2 is 1.55 bits per heavy atom. The fraction of sp³-hybridized carbons (Fsp3) is 0.148. The minimum Gasteiger partial charge on any atom is -0.497 e. The molecule has 166 valence electrons. The van der Waals surface area contributed by atoms with Crippen molar-refractivity contribution in [1.82, 2.24) is 9.97 Å². The van der Waals surface area contributed by atoms with E-state index in [4.69, 9.17) is 19.2 Å². The van der Waals surface area contributed by atoms with Crippen LogP contribution in [0.15, 0.2) is 78.9 Å². The molecular weight excluding hydrogens is 416 g/mol. The Labute approximate surface area is 192 Å². The molecule has 0 N–H and O–H groups in total. The third-order valence-electron chi connectivity index (χ3n) is 4.95. The van der Waals surface area contributed by atoms with Crippen LogP contribution in [0.1, 0.15) is 29.8 Å². The lowest BCUT2D eigenvalue weighted by molar-refractivity contribution is -0.151. The van der Waals surface area contributed by atoms with Crippen LogP contribution in [0.3, 0.4) is 0 Å².